The van der Waals surface area contributed by atoms with Crippen LogP contribution < -0.4 is 0 Å². The predicted molar refractivity (Wildman–Crippen MR) is 122 cm³/mol. The molecule has 4 aliphatic carbocycles. The summed E-state index contributed by atoms with van der Waals surface area (Å²) >= 11 is 0. The quantitative estimate of drug-likeness (QED) is 0.628. The van der Waals surface area contributed by atoms with E-state index in [0.29, 0.717) is 24.1 Å². The number of carbonyl (C=O) groups is 2. The van der Waals surface area contributed by atoms with Crippen molar-refractivity contribution in [2.24, 2.45) is 11.3 Å². The smallest absolute Gasteiger partial charge is 0.198 e. The number of Topliss-reactive ketones (excluding diaryl/α,β-unsaturated/α-hetero) is 1. The largest absolute Gasteiger partial charge is 0.392 e. The van der Waals surface area contributed by atoms with Crippen LogP contribution in [0.4, 0.5) is 0 Å². The van der Waals surface area contributed by atoms with Crippen LogP contribution in [-0.2, 0) is 21.0 Å². The van der Waals surface area contributed by atoms with Crippen LogP contribution in [-0.4, -0.2) is 55.1 Å². The number of fused-ring (bicyclic) bond motifs is 5. The van der Waals surface area contributed by atoms with Crippen molar-refractivity contribution in [3.63, 3.8) is 0 Å². The maximum atomic E-state index is 13.7. The zero-order valence-corrected chi connectivity index (χ0v) is 19.4. The molecule has 1 aromatic heterocycles. The van der Waals surface area contributed by atoms with Crippen LogP contribution in [0.15, 0.2) is 58.2 Å². The average molecular weight is 464 g/mol. The molecule has 0 aromatic carbocycles. The summed E-state index contributed by atoms with van der Waals surface area (Å²) < 4.78 is 0. The number of H-pyrrole nitrogens is 1. The molecule has 3 N–H and O–H groups in total. The van der Waals surface area contributed by atoms with E-state index in [1.807, 2.05) is 13.8 Å². The summed E-state index contributed by atoms with van der Waals surface area (Å²) in [7, 11) is 0. The van der Waals surface area contributed by atoms with E-state index in [0.717, 1.165) is 36.2 Å². The number of nitrogens with one attached hydrogen (secondary N) is 1. The Hall–Kier alpha value is -2.81. The molecular formula is C26H29N3O5. The fourth-order valence-corrected chi connectivity index (χ4v) is 6.77. The van der Waals surface area contributed by atoms with Gasteiger partial charge in [0.25, 0.3) is 0 Å². The minimum Gasteiger partial charge on any atom is -0.392 e. The lowest BCUT2D eigenvalue weighted by Gasteiger charge is -2.57. The Morgan fingerprint density at radius 1 is 1.32 bits per heavy atom. The van der Waals surface area contributed by atoms with Crippen molar-refractivity contribution in [2.75, 3.05) is 6.61 Å². The van der Waals surface area contributed by atoms with Crippen LogP contribution in [0.1, 0.15) is 51.6 Å². The Bertz CT molecular complexity index is 1220. The number of imidazole rings is 1. The molecule has 5 aliphatic rings. The highest BCUT2D eigenvalue weighted by Crippen LogP contribution is 2.62. The number of aliphatic hydroxyl groups is 2. The molecule has 0 spiro atoms. The highest BCUT2D eigenvalue weighted by molar-refractivity contribution is 6.12. The van der Waals surface area contributed by atoms with Gasteiger partial charge in [-0.05, 0) is 49.3 Å². The van der Waals surface area contributed by atoms with Gasteiger partial charge in [0, 0.05) is 28.7 Å². The molecule has 8 heteroatoms. The normalized spacial score (nSPS) is 34.5. The standard InChI is InChI=1S/C26H29N3O5/c1-14-6-20-21(31)8-19-18-7-15-4-3-5-17(15)24(18)29(11-16-10-27-13-28-16)34-26(19,23(33)12-30)25(20,2)9-22(14)32/h6,8,10,13-14,22,30,32H,3-5,7,9,11-12H2,1-2H3,(H,27,28)/t14-,22-,25-,26+/m0/s1. The summed E-state index contributed by atoms with van der Waals surface area (Å²) in [5.41, 5.74) is 3.43. The maximum Gasteiger partial charge on any atom is 0.198 e. The molecule has 6 rings (SSSR count). The molecule has 8 nitrogen and oxygen atoms in total. The molecule has 0 radical (unpaired) electrons. The number of aromatic amines is 1. The van der Waals surface area contributed by atoms with Crippen LogP contribution >= 0.6 is 0 Å². The van der Waals surface area contributed by atoms with Crippen molar-refractivity contribution < 1.29 is 24.6 Å². The van der Waals surface area contributed by atoms with Crippen molar-refractivity contribution in [1.29, 1.82) is 0 Å². The van der Waals surface area contributed by atoms with Crippen LogP contribution in [0.3, 0.4) is 0 Å². The lowest BCUT2D eigenvalue weighted by Crippen LogP contribution is -2.66. The first kappa shape index (κ1) is 21.7. The molecule has 1 aromatic rings. The number of nitrogens with zero attached hydrogens (tertiary/aromatic N) is 2. The number of allylic oxidation sites excluding steroid dienone is 3. The number of hydrogen-bond acceptors (Lipinski definition) is 7. The maximum absolute atomic E-state index is 13.7. The van der Waals surface area contributed by atoms with Crippen molar-refractivity contribution in [1.82, 2.24) is 15.0 Å². The summed E-state index contributed by atoms with van der Waals surface area (Å²) in [4.78, 5) is 41.3. The molecule has 2 heterocycles. The average Bonchev–Trinajstić information content (AvgIpc) is 3.54. The first-order chi connectivity index (χ1) is 16.3. The zero-order valence-electron chi connectivity index (χ0n) is 19.4. The van der Waals surface area contributed by atoms with Crippen molar-refractivity contribution in [3.05, 3.63) is 63.9 Å². The van der Waals surface area contributed by atoms with Gasteiger partial charge < -0.3 is 15.2 Å². The summed E-state index contributed by atoms with van der Waals surface area (Å²) in [6, 6.07) is 0. The van der Waals surface area contributed by atoms with E-state index < -0.39 is 29.5 Å². The fraction of sp³-hybridized carbons (Fsp3) is 0.500. The van der Waals surface area contributed by atoms with Crippen LogP contribution in [0.2, 0.25) is 0 Å². The number of carbonyl (C=O) groups excluding carboxylic acids is 2. The first-order valence-corrected chi connectivity index (χ1v) is 12.0. The van der Waals surface area contributed by atoms with Crippen molar-refractivity contribution in [3.8, 4) is 0 Å². The molecule has 0 saturated carbocycles. The lowest BCUT2D eigenvalue weighted by molar-refractivity contribution is -0.254. The zero-order chi connectivity index (χ0) is 23.8. The van der Waals surface area contributed by atoms with E-state index >= 15 is 0 Å². The summed E-state index contributed by atoms with van der Waals surface area (Å²) in [5, 5.41) is 22.8. The third-order valence-corrected chi connectivity index (χ3v) is 8.46. The third kappa shape index (κ3) is 2.67. The van der Waals surface area contributed by atoms with Gasteiger partial charge in [-0.1, -0.05) is 25.5 Å². The first-order valence-electron chi connectivity index (χ1n) is 12.0. The Morgan fingerprint density at radius 2 is 2.15 bits per heavy atom. The Labute approximate surface area is 197 Å². The molecular weight excluding hydrogens is 434 g/mol. The monoisotopic (exact) mass is 463 g/mol. The topological polar surface area (TPSA) is 116 Å². The van der Waals surface area contributed by atoms with Crippen molar-refractivity contribution >= 4 is 11.6 Å². The summed E-state index contributed by atoms with van der Waals surface area (Å²) in [6.07, 6.45) is 9.81. The molecule has 4 atom stereocenters. The Kier molecular flexibility index (Phi) is 4.69. The second-order valence-corrected chi connectivity index (χ2v) is 10.4. The van der Waals surface area contributed by atoms with Gasteiger partial charge in [-0.25, -0.2) is 10.0 Å². The minimum absolute atomic E-state index is 0.152. The molecule has 0 saturated heterocycles. The molecule has 34 heavy (non-hydrogen) atoms. The van der Waals surface area contributed by atoms with Gasteiger partial charge >= 0.3 is 0 Å². The summed E-state index contributed by atoms with van der Waals surface area (Å²) in [5.74, 6) is -0.883. The predicted octanol–water partition coefficient (Wildman–Crippen LogP) is 2.44. The van der Waals surface area contributed by atoms with E-state index in [1.165, 1.54) is 11.1 Å². The lowest BCUT2D eigenvalue weighted by atomic mass is 9.52. The highest BCUT2D eigenvalue weighted by Gasteiger charge is 2.67. The van der Waals surface area contributed by atoms with Crippen LogP contribution in [0.25, 0.3) is 0 Å². The van der Waals surface area contributed by atoms with Gasteiger partial charge in [0.15, 0.2) is 17.2 Å². The van der Waals surface area contributed by atoms with Crippen LogP contribution in [0, 0.1) is 11.3 Å². The Morgan fingerprint density at radius 3 is 2.88 bits per heavy atom. The summed E-state index contributed by atoms with van der Waals surface area (Å²) in [6.45, 7) is 3.27. The molecule has 0 bridgehead atoms. The Balaban J connectivity index is 1.60. The highest BCUT2D eigenvalue weighted by atomic mass is 16.7. The number of hydroxylamine groups is 2. The SMILES string of the molecule is C[C@H]1C=C2C(=O)C=C3C4=C(C5=C(CCC5)C4)N(Cc4c[nH]cn4)O[C@]3(C(=O)CO)[C@@]2(C)C[C@@H]1O. The third-order valence-electron chi connectivity index (χ3n) is 8.46. The number of aliphatic hydroxyl groups excluding tert-OH is 2. The number of ketones is 2. The molecule has 1 aliphatic heterocycles. The number of rotatable bonds is 4. The van der Waals surface area contributed by atoms with E-state index in [4.69, 9.17) is 4.84 Å². The van der Waals surface area contributed by atoms with E-state index in [1.54, 1.807) is 29.7 Å². The minimum atomic E-state index is -1.61. The molecule has 0 unspecified atom stereocenters. The molecule has 0 amide bonds. The van der Waals surface area contributed by atoms with E-state index in [2.05, 4.69) is 9.97 Å². The molecule has 0 fully saturated rings. The number of aromatic nitrogens is 2. The second kappa shape index (κ2) is 7.34. The molecule has 178 valence electrons. The van der Waals surface area contributed by atoms with Gasteiger partial charge in [-0.3, -0.25) is 14.4 Å². The van der Waals surface area contributed by atoms with Gasteiger partial charge in [0.05, 0.1) is 30.4 Å². The van der Waals surface area contributed by atoms with Gasteiger partial charge in [0.2, 0.25) is 0 Å². The second-order valence-electron chi connectivity index (χ2n) is 10.4. The fourth-order valence-electron chi connectivity index (χ4n) is 6.77. The number of hydrogen-bond donors (Lipinski definition) is 3. The van der Waals surface area contributed by atoms with Crippen molar-refractivity contribution in [2.45, 2.75) is 64.2 Å². The van der Waals surface area contributed by atoms with Gasteiger partial charge in [-0.15, -0.1) is 0 Å². The van der Waals surface area contributed by atoms with Crippen LogP contribution in [0.5, 0.6) is 0 Å². The van der Waals surface area contributed by atoms with Gasteiger partial charge in [-0.2, -0.15) is 0 Å². The van der Waals surface area contributed by atoms with Gasteiger partial charge in [0.1, 0.15) is 6.61 Å². The van der Waals surface area contributed by atoms with E-state index in [-0.39, 0.29) is 18.1 Å². The van der Waals surface area contributed by atoms with E-state index in [9.17, 15) is 19.8 Å².